The molecule has 3 N–H and O–H groups in total. The second kappa shape index (κ2) is 3.57. The van der Waals surface area contributed by atoms with Crippen molar-refractivity contribution < 1.29 is 0 Å². The molecule has 2 aromatic rings. The summed E-state index contributed by atoms with van der Waals surface area (Å²) < 4.78 is 1.93. The summed E-state index contributed by atoms with van der Waals surface area (Å²) in [6.07, 6.45) is 4.79. The van der Waals surface area contributed by atoms with E-state index in [1.165, 1.54) is 6.21 Å². The van der Waals surface area contributed by atoms with Gasteiger partial charge in [-0.1, -0.05) is 12.1 Å². The highest BCUT2D eigenvalue weighted by molar-refractivity contribution is 5.86. The number of anilines is 1. The van der Waals surface area contributed by atoms with Gasteiger partial charge in [0.05, 0.1) is 18.2 Å². The van der Waals surface area contributed by atoms with Crippen molar-refractivity contribution in [3.63, 3.8) is 0 Å². The summed E-state index contributed by atoms with van der Waals surface area (Å²) in [4.78, 5) is 4.05. The number of hydrogen-bond donors (Lipinski definition) is 2. The van der Waals surface area contributed by atoms with Gasteiger partial charge in [0.25, 0.3) is 0 Å². The Morgan fingerprint density at radius 1 is 1.47 bits per heavy atom. The third-order valence-corrected chi connectivity index (χ3v) is 2.35. The quantitative estimate of drug-likeness (QED) is 0.572. The van der Waals surface area contributed by atoms with Crippen LogP contribution in [0.3, 0.4) is 0 Å². The maximum Gasteiger partial charge on any atom is 0.0948 e. The van der Waals surface area contributed by atoms with Gasteiger partial charge in [-0.3, -0.25) is 0 Å². The van der Waals surface area contributed by atoms with Gasteiger partial charge in [0, 0.05) is 30.1 Å². The lowest BCUT2D eigenvalue weighted by atomic mass is 10.1. The molecule has 0 unspecified atom stereocenters. The first kappa shape index (κ1) is 9.45. The summed E-state index contributed by atoms with van der Waals surface area (Å²) in [5, 5.41) is 7.15. The molecular formula is C11H12N4. The lowest BCUT2D eigenvalue weighted by molar-refractivity contribution is 0.921. The van der Waals surface area contributed by atoms with E-state index >= 15 is 0 Å². The minimum absolute atomic E-state index is 0.615. The van der Waals surface area contributed by atoms with Crippen LogP contribution >= 0.6 is 0 Å². The normalized spacial score (nSPS) is 10.2. The molecule has 1 aromatic heterocycles. The topological polar surface area (TPSA) is 67.7 Å². The van der Waals surface area contributed by atoms with Gasteiger partial charge in [0.15, 0.2) is 0 Å². The maximum atomic E-state index is 7.15. The number of imidazole rings is 1. The van der Waals surface area contributed by atoms with E-state index in [1.54, 1.807) is 12.5 Å². The molecule has 76 valence electrons. The Morgan fingerprint density at radius 2 is 2.27 bits per heavy atom. The zero-order valence-corrected chi connectivity index (χ0v) is 8.44. The van der Waals surface area contributed by atoms with E-state index in [-0.39, 0.29) is 0 Å². The Balaban J connectivity index is 2.52. The number of aryl methyl sites for hydroxylation is 1. The van der Waals surface area contributed by atoms with Gasteiger partial charge in [-0.2, -0.15) is 0 Å². The minimum Gasteiger partial charge on any atom is -0.398 e. The third kappa shape index (κ3) is 1.61. The van der Waals surface area contributed by atoms with Gasteiger partial charge in [-0.25, -0.2) is 4.98 Å². The lowest BCUT2D eigenvalue weighted by Crippen LogP contribution is -1.95. The van der Waals surface area contributed by atoms with E-state index in [0.29, 0.717) is 5.69 Å². The zero-order valence-electron chi connectivity index (χ0n) is 8.44. The summed E-state index contributed by atoms with van der Waals surface area (Å²) in [6, 6.07) is 5.63. The third-order valence-electron chi connectivity index (χ3n) is 2.35. The van der Waals surface area contributed by atoms with E-state index in [9.17, 15) is 0 Å². The minimum atomic E-state index is 0.615. The second-order valence-corrected chi connectivity index (χ2v) is 3.38. The monoisotopic (exact) mass is 200 g/mol. The molecule has 0 bridgehead atoms. The molecular weight excluding hydrogens is 188 g/mol. The molecule has 0 radical (unpaired) electrons. The number of nitrogens with two attached hydrogens (primary N) is 1. The summed E-state index contributed by atoms with van der Waals surface area (Å²) in [6.45, 7) is 0. The van der Waals surface area contributed by atoms with Crippen molar-refractivity contribution in [2.24, 2.45) is 7.05 Å². The molecule has 0 spiro atoms. The second-order valence-electron chi connectivity index (χ2n) is 3.38. The average Bonchev–Trinajstić information content (AvgIpc) is 2.64. The van der Waals surface area contributed by atoms with Crippen LogP contribution in [0.25, 0.3) is 11.3 Å². The molecule has 1 aromatic carbocycles. The Morgan fingerprint density at radius 3 is 2.80 bits per heavy atom. The molecule has 0 amide bonds. The Labute approximate surface area is 87.9 Å². The predicted octanol–water partition coefficient (Wildman–Crippen LogP) is 1.67. The van der Waals surface area contributed by atoms with Gasteiger partial charge in [-0.15, -0.1) is 0 Å². The number of benzene rings is 1. The Bertz CT molecular complexity index is 499. The van der Waals surface area contributed by atoms with Crippen LogP contribution in [0.2, 0.25) is 0 Å². The number of nitrogens with zero attached hydrogens (tertiary/aromatic N) is 2. The summed E-state index contributed by atoms with van der Waals surface area (Å²) in [7, 11) is 1.93. The molecule has 0 aliphatic rings. The molecule has 15 heavy (non-hydrogen) atoms. The standard InChI is InChI=1S/C11H12N4/c1-15-7-14-6-11(15)8-2-3-9(5-12)10(13)4-8/h2-7,12H,13H2,1H3. The molecule has 0 aliphatic heterocycles. The number of aromatic nitrogens is 2. The van der Waals surface area contributed by atoms with Crippen LogP contribution in [0.15, 0.2) is 30.7 Å². The predicted molar refractivity (Wildman–Crippen MR) is 60.9 cm³/mol. The zero-order chi connectivity index (χ0) is 10.8. The van der Waals surface area contributed by atoms with E-state index in [4.69, 9.17) is 11.1 Å². The summed E-state index contributed by atoms with van der Waals surface area (Å²) >= 11 is 0. The van der Waals surface area contributed by atoms with Gasteiger partial charge < -0.3 is 15.7 Å². The van der Waals surface area contributed by atoms with Crippen molar-refractivity contribution in [3.8, 4) is 11.3 Å². The highest BCUT2D eigenvalue weighted by Gasteiger charge is 2.04. The van der Waals surface area contributed by atoms with Crippen molar-refractivity contribution in [1.82, 2.24) is 9.55 Å². The number of rotatable bonds is 2. The van der Waals surface area contributed by atoms with Gasteiger partial charge in [0.1, 0.15) is 0 Å². The molecule has 0 aliphatic carbocycles. The molecule has 1 heterocycles. The van der Waals surface area contributed by atoms with Crippen LogP contribution in [0, 0.1) is 5.41 Å². The summed E-state index contributed by atoms with van der Waals surface area (Å²) in [5.74, 6) is 0. The van der Waals surface area contributed by atoms with Gasteiger partial charge in [0.2, 0.25) is 0 Å². The summed E-state index contributed by atoms with van der Waals surface area (Å²) in [5.41, 5.74) is 9.18. The smallest absolute Gasteiger partial charge is 0.0948 e. The largest absolute Gasteiger partial charge is 0.398 e. The fraction of sp³-hybridized carbons (Fsp3) is 0.0909. The fourth-order valence-electron chi connectivity index (χ4n) is 1.50. The van der Waals surface area contributed by atoms with E-state index < -0.39 is 0 Å². The number of nitrogens with one attached hydrogen (secondary N) is 1. The van der Waals surface area contributed by atoms with E-state index in [0.717, 1.165) is 16.8 Å². The average molecular weight is 200 g/mol. The van der Waals surface area contributed by atoms with Crippen LogP contribution in [0.5, 0.6) is 0 Å². The lowest BCUT2D eigenvalue weighted by Gasteiger charge is -2.05. The van der Waals surface area contributed by atoms with E-state index in [1.807, 2.05) is 29.8 Å². The van der Waals surface area contributed by atoms with Gasteiger partial charge >= 0.3 is 0 Å². The molecule has 0 atom stereocenters. The molecule has 0 saturated heterocycles. The highest BCUT2D eigenvalue weighted by Crippen LogP contribution is 2.22. The van der Waals surface area contributed by atoms with Crippen molar-refractivity contribution in [2.45, 2.75) is 0 Å². The Kier molecular flexibility index (Phi) is 2.25. The molecule has 2 rings (SSSR count). The van der Waals surface area contributed by atoms with Crippen LogP contribution < -0.4 is 5.73 Å². The first-order valence-corrected chi connectivity index (χ1v) is 4.59. The molecule has 4 nitrogen and oxygen atoms in total. The van der Waals surface area contributed by atoms with Crippen molar-refractivity contribution in [2.75, 3.05) is 5.73 Å². The fourth-order valence-corrected chi connectivity index (χ4v) is 1.50. The Hall–Kier alpha value is -2.10. The van der Waals surface area contributed by atoms with Crippen LogP contribution in [-0.4, -0.2) is 15.8 Å². The van der Waals surface area contributed by atoms with Crippen LogP contribution in [0.1, 0.15) is 5.56 Å². The highest BCUT2D eigenvalue weighted by atomic mass is 15.0. The first-order chi connectivity index (χ1) is 7.22. The molecule has 0 fully saturated rings. The first-order valence-electron chi connectivity index (χ1n) is 4.59. The van der Waals surface area contributed by atoms with E-state index in [2.05, 4.69) is 4.98 Å². The van der Waals surface area contributed by atoms with Crippen LogP contribution in [0.4, 0.5) is 5.69 Å². The van der Waals surface area contributed by atoms with Crippen molar-refractivity contribution in [1.29, 1.82) is 5.41 Å². The SMILES string of the molecule is Cn1cncc1-c1ccc(C=N)c(N)c1. The van der Waals surface area contributed by atoms with Gasteiger partial charge in [-0.05, 0) is 6.07 Å². The number of hydrogen-bond acceptors (Lipinski definition) is 3. The van der Waals surface area contributed by atoms with Crippen LogP contribution in [-0.2, 0) is 7.05 Å². The van der Waals surface area contributed by atoms with Crippen molar-refractivity contribution >= 4 is 11.9 Å². The van der Waals surface area contributed by atoms with Crippen molar-refractivity contribution in [3.05, 3.63) is 36.3 Å². The molecule has 0 saturated carbocycles. The maximum absolute atomic E-state index is 7.15. The molecule has 4 heteroatoms. The number of nitrogen functional groups attached to an aromatic ring is 1.